The highest BCUT2D eigenvalue weighted by molar-refractivity contribution is 6.01. The van der Waals surface area contributed by atoms with Crippen molar-refractivity contribution in [2.75, 3.05) is 6.61 Å². The van der Waals surface area contributed by atoms with Gasteiger partial charge >= 0.3 is 0 Å². The number of aliphatic hydroxyl groups excluding tert-OH is 2. The Balaban J connectivity index is 1.74. The minimum atomic E-state index is -0.923. The summed E-state index contributed by atoms with van der Waals surface area (Å²) in [5.74, 6) is 0.640. The molecule has 0 amide bonds. The molecule has 0 aromatic rings. The van der Waals surface area contributed by atoms with Crippen LogP contribution >= 0.6 is 0 Å². The molecule has 4 nitrogen and oxygen atoms in total. The Bertz CT molecular complexity index is 682. The fourth-order valence-electron chi connectivity index (χ4n) is 7.32. The first-order valence-electron chi connectivity index (χ1n) is 10.1. The Hall–Kier alpha value is -0.970. The molecule has 3 fully saturated rings. The first-order valence-corrected chi connectivity index (χ1v) is 10.1. The molecule has 4 aliphatic carbocycles. The predicted molar refractivity (Wildman–Crippen MR) is 99.2 cm³/mol. The van der Waals surface area contributed by atoms with Crippen molar-refractivity contribution in [3.63, 3.8) is 0 Å². The molecule has 0 bridgehead atoms. The van der Waals surface area contributed by atoms with E-state index in [-0.39, 0.29) is 35.1 Å². The summed E-state index contributed by atoms with van der Waals surface area (Å²) in [6.45, 7) is 6.19. The SMILES string of the molecule is C[C@@H](CO)[C@@]1(O)CC[C@H]2[C@@H]3CCC4=CC(=O)C=C[C@]4(C)[C@H]3[C@H](O)C[C@@]21C. The average molecular weight is 360 g/mol. The van der Waals surface area contributed by atoms with Crippen LogP contribution in [0.2, 0.25) is 0 Å². The third-order valence-electron chi connectivity index (χ3n) is 8.80. The lowest BCUT2D eigenvalue weighted by Crippen LogP contribution is -2.61. The molecule has 0 heterocycles. The zero-order valence-corrected chi connectivity index (χ0v) is 16.1. The monoisotopic (exact) mass is 360 g/mol. The van der Waals surface area contributed by atoms with Gasteiger partial charge in [-0.15, -0.1) is 0 Å². The van der Waals surface area contributed by atoms with Crippen LogP contribution in [0.1, 0.15) is 52.9 Å². The molecule has 3 saturated carbocycles. The molecule has 26 heavy (non-hydrogen) atoms. The Morgan fingerprint density at radius 2 is 2.04 bits per heavy atom. The average Bonchev–Trinajstić information content (AvgIpc) is 2.86. The molecule has 0 aliphatic heterocycles. The minimum Gasteiger partial charge on any atom is -0.396 e. The highest BCUT2D eigenvalue weighted by Crippen LogP contribution is 2.68. The first-order chi connectivity index (χ1) is 12.2. The summed E-state index contributed by atoms with van der Waals surface area (Å²) in [6.07, 6.45) is 9.00. The number of rotatable bonds is 2. The summed E-state index contributed by atoms with van der Waals surface area (Å²) in [6, 6.07) is 0. The number of ketones is 1. The quantitative estimate of drug-likeness (QED) is 0.707. The second-order valence-corrected chi connectivity index (χ2v) is 9.76. The van der Waals surface area contributed by atoms with E-state index in [1.807, 2.05) is 13.0 Å². The van der Waals surface area contributed by atoms with Crippen molar-refractivity contribution < 1.29 is 20.1 Å². The second kappa shape index (κ2) is 5.76. The molecular formula is C22H32O4. The number of aliphatic hydroxyl groups is 3. The molecule has 3 N–H and O–H groups in total. The summed E-state index contributed by atoms with van der Waals surface area (Å²) in [5.41, 5.74) is -0.401. The number of hydrogen-bond acceptors (Lipinski definition) is 4. The largest absolute Gasteiger partial charge is 0.396 e. The zero-order chi connectivity index (χ0) is 18.9. The summed E-state index contributed by atoms with van der Waals surface area (Å²) < 4.78 is 0. The van der Waals surface area contributed by atoms with E-state index in [0.717, 1.165) is 24.8 Å². The highest BCUT2D eigenvalue weighted by atomic mass is 16.3. The molecule has 4 heteroatoms. The van der Waals surface area contributed by atoms with Crippen LogP contribution in [0, 0.1) is 34.5 Å². The molecule has 8 atom stereocenters. The maximum atomic E-state index is 11.8. The zero-order valence-electron chi connectivity index (χ0n) is 16.1. The fourth-order valence-corrected chi connectivity index (χ4v) is 7.32. The molecule has 4 rings (SSSR count). The normalized spacial score (nSPS) is 51.3. The van der Waals surface area contributed by atoms with Gasteiger partial charge in [0.05, 0.1) is 11.7 Å². The van der Waals surface area contributed by atoms with Gasteiger partial charge in [0.1, 0.15) is 0 Å². The van der Waals surface area contributed by atoms with Crippen LogP contribution < -0.4 is 0 Å². The van der Waals surface area contributed by atoms with Gasteiger partial charge in [-0.25, -0.2) is 0 Å². The van der Waals surface area contributed by atoms with Crippen molar-refractivity contribution in [1.82, 2.24) is 0 Å². The molecule has 0 unspecified atom stereocenters. The van der Waals surface area contributed by atoms with Crippen LogP contribution in [-0.2, 0) is 4.79 Å². The van der Waals surface area contributed by atoms with Gasteiger partial charge in [-0.05, 0) is 56.1 Å². The van der Waals surface area contributed by atoms with Crippen LogP contribution in [-0.4, -0.2) is 39.4 Å². The van der Waals surface area contributed by atoms with Gasteiger partial charge in [-0.2, -0.15) is 0 Å². The molecule has 0 aromatic heterocycles. The molecule has 4 aliphatic rings. The fraction of sp³-hybridized carbons (Fsp3) is 0.773. The van der Waals surface area contributed by atoms with Gasteiger partial charge in [-0.1, -0.05) is 32.4 Å². The smallest absolute Gasteiger partial charge is 0.178 e. The number of carbonyl (C=O) groups is 1. The summed E-state index contributed by atoms with van der Waals surface area (Å²) in [4.78, 5) is 11.8. The van der Waals surface area contributed by atoms with Crippen LogP contribution in [0.5, 0.6) is 0 Å². The van der Waals surface area contributed by atoms with Crippen molar-refractivity contribution >= 4 is 5.78 Å². The summed E-state index contributed by atoms with van der Waals surface area (Å²) >= 11 is 0. The van der Waals surface area contributed by atoms with Crippen LogP contribution in [0.3, 0.4) is 0 Å². The standard InChI is InChI=1S/C22H32O4/c1-13(12-23)22(26)9-7-17-16-5-4-14-10-15(24)6-8-20(14,2)19(16)18(25)11-21(17,22)3/h6,8,10,13,16-19,23,25-26H,4-5,7,9,11-12H2,1-3H3/t13-,16-,17-,18+,19+,20-,21-,22-/m0/s1. The van der Waals surface area contributed by atoms with Crippen molar-refractivity contribution in [3.05, 3.63) is 23.8 Å². The van der Waals surface area contributed by atoms with Crippen molar-refractivity contribution in [1.29, 1.82) is 0 Å². The highest BCUT2D eigenvalue weighted by Gasteiger charge is 2.67. The van der Waals surface area contributed by atoms with Crippen LogP contribution in [0.4, 0.5) is 0 Å². The van der Waals surface area contributed by atoms with E-state index in [4.69, 9.17) is 0 Å². The van der Waals surface area contributed by atoms with Crippen molar-refractivity contribution in [2.24, 2.45) is 34.5 Å². The van der Waals surface area contributed by atoms with Gasteiger partial charge in [0, 0.05) is 29.3 Å². The Labute approximate surface area is 156 Å². The number of fused-ring (bicyclic) bond motifs is 5. The molecule has 0 spiro atoms. The van der Waals surface area contributed by atoms with E-state index in [2.05, 4.69) is 13.8 Å². The number of carbonyl (C=O) groups excluding carboxylic acids is 1. The molecule has 0 aromatic carbocycles. The van der Waals surface area contributed by atoms with Gasteiger partial charge in [-0.3, -0.25) is 4.79 Å². The maximum absolute atomic E-state index is 11.8. The lowest BCUT2D eigenvalue weighted by Gasteiger charge is -2.60. The molecule has 0 saturated heterocycles. The lowest BCUT2D eigenvalue weighted by atomic mass is 9.46. The first kappa shape index (κ1) is 18.4. The molecule has 144 valence electrons. The Morgan fingerprint density at radius 3 is 2.73 bits per heavy atom. The van der Waals surface area contributed by atoms with Crippen molar-refractivity contribution in [2.45, 2.75) is 64.6 Å². The molecular weight excluding hydrogens is 328 g/mol. The van der Waals surface area contributed by atoms with Crippen LogP contribution in [0.15, 0.2) is 23.8 Å². The topological polar surface area (TPSA) is 77.8 Å². The molecule has 0 radical (unpaired) electrons. The minimum absolute atomic E-state index is 0.0293. The Morgan fingerprint density at radius 1 is 1.31 bits per heavy atom. The lowest BCUT2D eigenvalue weighted by molar-refractivity contribution is -0.184. The van der Waals surface area contributed by atoms with Crippen molar-refractivity contribution in [3.8, 4) is 0 Å². The van der Waals surface area contributed by atoms with Gasteiger partial charge in [0.25, 0.3) is 0 Å². The van der Waals surface area contributed by atoms with E-state index in [0.29, 0.717) is 24.7 Å². The van der Waals surface area contributed by atoms with Gasteiger partial charge in [0.2, 0.25) is 0 Å². The van der Waals surface area contributed by atoms with Gasteiger partial charge in [0.15, 0.2) is 5.78 Å². The van der Waals surface area contributed by atoms with E-state index in [9.17, 15) is 20.1 Å². The van der Waals surface area contributed by atoms with Crippen LogP contribution in [0.25, 0.3) is 0 Å². The third kappa shape index (κ3) is 2.15. The van der Waals surface area contributed by atoms with Gasteiger partial charge < -0.3 is 15.3 Å². The second-order valence-electron chi connectivity index (χ2n) is 9.76. The van der Waals surface area contributed by atoms with E-state index in [1.54, 1.807) is 12.2 Å². The van der Waals surface area contributed by atoms with E-state index >= 15 is 0 Å². The predicted octanol–water partition coefficient (Wildman–Crippen LogP) is 2.62. The van der Waals surface area contributed by atoms with E-state index < -0.39 is 11.7 Å². The summed E-state index contributed by atoms with van der Waals surface area (Å²) in [7, 11) is 0. The Kier molecular flexibility index (Phi) is 4.08. The third-order valence-corrected chi connectivity index (χ3v) is 8.80. The maximum Gasteiger partial charge on any atom is 0.178 e. The number of allylic oxidation sites excluding steroid dienone is 4. The number of hydrogen-bond donors (Lipinski definition) is 3. The van der Waals surface area contributed by atoms with E-state index in [1.165, 1.54) is 0 Å². The summed E-state index contributed by atoms with van der Waals surface area (Å²) in [5, 5.41) is 32.5.